The monoisotopic (exact) mass is 249 g/mol. The van der Waals surface area contributed by atoms with Crippen molar-refractivity contribution in [2.75, 3.05) is 0 Å². The van der Waals surface area contributed by atoms with Crippen LogP contribution in [-0.2, 0) is 0 Å². The molecule has 0 saturated carbocycles. The molecule has 1 rings (SSSR count). The number of pyridine rings is 1. The van der Waals surface area contributed by atoms with Gasteiger partial charge in [-0.15, -0.1) is 0 Å². The molecule has 1 heterocycles. The van der Waals surface area contributed by atoms with Gasteiger partial charge >= 0.3 is 5.97 Å². The van der Waals surface area contributed by atoms with E-state index in [4.69, 9.17) is 16.7 Å². The topological polar surface area (TPSA) is 50.2 Å². The molecule has 64 valence electrons. The van der Waals surface area contributed by atoms with Crippen molar-refractivity contribution in [3.8, 4) is 0 Å². The summed E-state index contributed by atoms with van der Waals surface area (Å²) in [5.41, 5.74) is 0.633. The SMILES string of the molecule is Cc1c(Br)cnc(Cl)c1C(=O)O. The Morgan fingerprint density at radius 1 is 1.75 bits per heavy atom. The van der Waals surface area contributed by atoms with Gasteiger partial charge in [0.05, 0.1) is 0 Å². The van der Waals surface area contributed by atoms with Crippen LogP contribution >= 0.6 is 27.5 Å². The minimum absolute atomic E-state index is 0.0169. The van der Waals surface area contributed by atoms with Crippen LogP contribution in [0.5, 0.6) is 0 Å². The fraction of sp³-hybridized carbons (Fsp3) is 0.143. The first-order valence-corrected chi connectivity index (χ1v) is 4.25. The van der Waals surface area contributed by atoms with E-state index in [-0.39, 0.29) is 10.7 Å². The van der Waals surface area contributed by atoms with E-state index < -0.39 is 5.97 Å². The van der Waals surface area contributed by atoms with E-state index in [0.29, 0.717) is 10.0 Å². The Hall–Kier alpha value is -0.610. The second kappa shape index (κ2) is 3.41. The summed E-state index contributed by atoms with van der Waals surface area (Å²) in [6.45, 7) is 1.67. The fourth-order valence-corrected chi connectivity index (χ4v) is 1.37. The van der Waals surface area contributed by atoms with Crippen molar-refractivity contribution in [3.63, 3.8) is 0 Å². The molecular formula is C7H5BrClNO2. The normalized spacial score (nSPS) is 9.92. The Bertz CT molecular complexity index is 340. The van der Waals surface area contributed by atoms with Crippen LogP contribution in [0.2, 0.25) is 5.15 Å². The molecule has 0 bridgehead atoms. The molecule has 0 spiro atoms. The molecule has 12 heavy (non-hydrogen) atoms. The average Bonchev–Trinajstić information content (AvgIpc) is 1.97. The molecule has 0 saturated heterocycles. The van der Waals surface area contributed by atoms with Crippen LogP contribution in [0.25, 0.3) is 0 Å². The predicted molar refractivity (Wildman–Crippen MR) is 48.6 cm³/mol. The first-order chi connectivity index (χ1) is 5.54. The molecule has 3 nitrogen and oxygen atoms in total. The zero-order chi connectivity index (χ0) is 9.30. The van der Waals surface area contributed by atoms with Gasteiger partial charge in [-0.25, -0.2) is 9.78 Å². The molecule has 0 aromatic carbocycles. The molecule has 0 amide bonds. The highest BCUT2D eigenvalue weighted by molar-refractivity contribution is 9.10. The number of aromatic carboxylic acids is 1. The lowest BCUT2D eigenvalue weighted by atomic mass is 10.2. The molecule has 1 N–H and O–H groups in total. The summed E-state index contributed by atoms with van der Waals surface area (Å²) in [6.07, 6.45) is 1.48. The lowest BCUT2D eigenvalue weighted by Crippen LogP contribution is -2.02. The number of nitrogens with zero attached hydrogens (tertiary/aromatic N) is 1. The first-order valence-electron chi connectivity index (χ1n) is 3.08. The van der Waals surface area contributed by atoms with Gasteiger partial charge in [0.2, 0.25) is 0 Å². The Balaban J connectivity index is 3.43. The van der Waals surface area contributed by atoms with Crippen LogP contribution in [0.4, 0.5) is 0 Å². The number of carboxylic acid groups (broad SMARTS) is 1. The Morgan fingerprint density at radius 3 is 2.75 bits per heavy atom. The summed E-state index contributed by atoms with van der Waals surface area (Å²) in [7, 11) is 0. The summed E-state index contributed by atoms with van der Waals surface area (Å²) in [5.74, 6) is -1.06. The van der Waals surface area contributed by atoms with Crippen LogP contribution in [-0.4, -0.2) is 16.1 Å². The van der Waals surface area contributed by atoms with Crippen molar-refractivity contribution < 1.29 is 9.90 Å². The van der Waals surface area contributed by atoms with Gasteiger partial charge in [-0.2, -0.15) is 0 Å². The molecule has 1 aromatic heterocycles. The molecule has 5 heteroatoms. The van der Waals surface area contributed by atoms with Gasteiger partial charge in [0.1, 0.15) is 10.7 Å². The van der Waals surface area contributed by atoms with Gasteiger partial charge in [-0.05, 0) is 28.4 Å². The first kappa shape index (κ1) is 9.48. The minimum Gasteiger partial charge on any atom is -0.478 e. The number of carbonyl (C=O) groups is 1. The second-order valence-electron chi connectivity index (χ2n) is 2.20. The molecule has 0 atom stereocenters. The molecule has 1 aromatic rings. The summed E-state index contributed by atoms with van der Waals surface area (Å²) in [6, 6.07) is 0. The smallest absolute Gasteiger partial charge is 0.339 e. The third-order valence-corrected chi connectivity index (χ3v) is 2.53. The van der Waals surface area contributed by atoms with E-state index in [2.05, 4.69) is 20.9 Å². The zero-order valence-electron chi connectivity index (χ0n) is 6.14. The van der Waals surface area contributed by atoms with Gasteiger partial charge in [-0.1, -0.05) is 11.6 Å². The molecule has 0 aliphatic rings. The molecule has 0 unspecified atom stereocenters. The average molecular weight is 250 g/mol. The summed E-state index contributed by atoms with van der Waals surface area (Å²) >= 11 is 8.75. The van der Waals surface area contributed by atoms with Gasteiger partial charge in [-0.3, -0.25) is 0 Å². The van der Waals surface area contributed by atoms with Crippen molar-refractivity contribution in [2.24, 2.45) is 0 Å². The van der Waals surface area contributed by atoms with Gasteiger partial charge in [0.15, 0.2) is 0 Å². The number of rotatable bonds is 1. The summed E-state index contributed by atoms with van der Waals surface area (Å²) < 4.78 is 0.643. The van der Waals surface area contributed by atoms with E-state index >= 15 is 0 Å². The highest BCUT2D eigenvalue weighted by Crippen LogP contribution is 2.23. The summed E-state index contributed by atoms with van der Waals surface area (Å²) in [5, 5.41) is 8.74. The minimum atomic E-state index is -1.06. The van der Waals surface area contributed by atoms with Crippen LogP contribution in [0, 0.1) is 6.92 Å². The molecular weight excluding hydrogens is 245 g/mol. The number of hydrogen-bond acceptors (Lipinski definition) is 2. The molecule has 0 fully saturated rings. The van der Waals surface area contributed by atoms with E-state index in [9.17, 15) is 4.79 Å². The molecule has 0 radical (unpaired) electrons. The van der Waals surface area contributed by atoms with E-state index in [0.717, 1.165) is 0 Å². The van der Waals surface area contributed by atoms with Gasteiger partial charge in [0.25, 0.3) is 0 Å². The van der Waals surface area contributed by atoms with Crippen molar-refractivity contribution in [1.29, 1.82) is 0 Å². The standard InChI is InChI=1S/C7H5BrClNO2/c1-3-4(8)2-10-6(9)5(3)7(11)12/h2H,1H3,(H,11,12). The third kappa shape index (κ3) is 1.59. The van der Waals surface area contributed by atoms with E-state index in [1.54, 1.807) is 6.92 Å². The van der Waals surface area contributed by atoms with E-state index in [1.807, 2.05) is 0 Å². The predicted octanol–water partition coefficient (Wildman–Crippen LogP) is 2.50. The van der Waals surface area contributed by atoms with E-state index in [1.165, 1.54) is 6.20 Å². The number of carboxylic acids is 1. The van der Waals surface area contributed by atoms with Crippen LogP contribution in [0.3, 0.4) is 0 Å². The highest BCUT2D eigenvalue weighted by atomic mass is 79.9. The molecule has 0 aliphatic heterocycles. The van der Waals surface area contributed by atoms with Crippen molar-refractivity contribution in [1.82, 2.24) is 4.98 Å². The van der Waals surface area contributed by atoms with Crippen molar-refractivity contribution >= 4 is 33.5 Å². The van der Waals surface area contributed by atoms with Crippen LogP contribution < -0.4 is 0 Å². The van der Waals surface area contributed by atoms with Crippen molar-refractivity contribution in [3.05, 3.63) is 26.9 Å². The van der Waals surface area contributed by atoms with Crippen molar-refractivity contribution in [2.45, 2.75) is 6.92 Å². The molecule has 0 aliphatic carbocycles. The highest BCUT2D eigenvalue weighted by Gasteiger charge is 2.14. The zero-order valence-corrected chi connectivity index (χ0v) is 8.48. The Kier molecular flexibility index (Phi) is 2.69. The quantitative estimate of drug-likeness (QED) is 0.779. The maximum Gasteiger partial charge on any atom is 0.339 e. The third-order valence-electron chi connectivity index (χ3n) is 1.44. The maximum absolute atomic E-state index is 10.6. The van der Waals surface area contributed by atoms with Crippen LogP contribution in [0.1, 0.15) is 15.9 Å². The van der Waals surface area contributed by atoms with Gasteiger partial charge in [0, 0.05) is 10.7 Å². The number of hydrogen-bond donors (Lipinski definition) is 1. The number of aromatic nitrogens is 1. The number of halogens is 2. The Morgan fingerprint density at radius 2 is 2.33 bits per heavy atom. The maximum atomic E-state index is 10.6. The largest absolute Gasteiger partial charge is 0.478 e. The second-order valence-corrected chi connectivity index (χ2v) is 3.41. The lowest BCUT2D eigenvalue weighted by molar-refractivity contribution is 0.0696. The summed E-state index contributed by atoms with van der Waals surface area (Å²) in [4.78, 5) is 14.3. The van der Waals surface area contributed by atoms with Gasteiger partial charge < -0.3 is 5.11 Å². The van der Waals surface area contributed by atoms with Crippen LogP contribution in [0.15, 0.2) is 10.7 Å². The Labute approximate surface area is 82.5 Å². The lowest BCUT2D eigenvalue weighted by Gasteiger charge is -2.03. The fourth-order valence-electron chi connectivity index (χ4n) is 0.797.